The second-order valence-electron chi connectivity index (χ2n) is 3.21. The van der Waals surface area contributed by atoms with Gasteiger partial charge in [-0.25, -0.2) is 9.97 Å². The number of aryl methyl sites for hydroxylation is 1. The Morgan fingerprint density at radius 3 is 2.64 bits per heavy atom. The zero-order valence-electron chi connectivity index (χ0n) is 8.32. The number of hydrogen-bond acceptors (Lipinski definition) is 4. The van der Waals surface area contributed by atoms with Gasteiger partial charge in [0.05, 0.1) is 5.84 Å². The third-order valence-electron chi connectivity index (χ3n) is 1.75. The van der Waals surface area contributed by atoms with E-state index >= 15 is 0 Å². The minimum absolute atomic E-state index is 0.0740. The summed E-state index contributed by atoms with van der Waals surface area (Å²) in [5.41, 5.74) is 6.40. The highest BCUT2D eigenvalue weighted by Crippen LogP contribution is 2.15. The van der Waals surface area contributed by atoms with Gasteiger partial charge < -0.3 is 5.73 Å². The zero-order chi connectivity index (χ0) is 10.6. The van der Waals surface area contributed by atoms with E-state index in [0.29, 0.717) is 0 Å². The molecule has 1 rings (SSSR count). The van der Waals surface area contributed by atoms with Gasteiger partial charge in [-0.2, -0.15) is 0 Å². The summed E-state index contributed by atoms with van der Waals surface area (Å²) >= 11 is 1.52. The van der Waals surface area contributed by atoms with Crippen LogP contribution in [0.5, 0.6) is 0 Å². The van der Waals surface area contributed by atoms with E-state index in [1.54, 1.807) is 12.4 Å². The molecule has 0 aromatic carbocycles. The van der Waals surface area contributed by atoms with Crippen LogP contribution in [0.3, 0.4) is 0 Å². The van der Waals surface area contributed by atoms with Crippen molar-refractivity contribution in [1.29, 1.82) is 5.41 Å². The SMILES string of the molecule is Cc1cnc(SCC(C)C(=N)N)nc1. The predicted octanol–water partition coefficient (Wildman–Crippen LogP) is 1.45. The summed E-state index contributed by atoms with van der Waals surface area (Å²) in [4.78, 5) is 8.30. The number of amidine groups is 1. The van der Waals surface area contributed by atoms with Crippen molar-refractivity contribution < 1.29 is 0 Å². The minimum Gasteiger partial charge on any atom is -0.387 e. The molecule has 0 saturated carbocycles. The fraction of sp³-hybridized carbons (Fsp3) is 0.444. The second-order valence-corrected chi connectivity index (χ2v) is 4.20. The smallest absolute Gasteiger partial charge is 0.187 e. The highest BCUT2D eigenvalue weighted by atomic mass is 32.2. The lowest BCUT2D eigenvalue weighted by Gasteiger charge is -2.07. The van der Waals surface area contributed by atoms with Crippen LogP contribution >= 0.6 is 11.8 Å². The number of hydrogen-bond donors (Lipinski definition) is 2. The highest BCUT2D eigenvalue weighted by Gasteiger charge is 2.06. The van der Waals surface area contributed by atoms with Crippen molar-refractivity contribution >= 4 is 17.6 Å². The number of nitrogens with zero attached hydrogens (tertiary/aromatic N) is 2. The molecule has 1 aromatic heterocycles. The molecule has 1 aromatic rings. The molecule has 76 valence electrons. The van der Waals surface area contributed by atoms with Crippen molar-refractivity contribution in [1.82, 2.24) is 9.97 Å². The maximum atomic E-state index is 7.22. The van der Waals surface area contributed by atoms with Gasteiger partial charge in [-0.3, -0.25) is 5.41 Å². The summed E-state index contributed by atoms with van der Waals surface area (Å²) in [6.07, 6.45) is 3.57. The average Bonchev–Trinajstić information content (AvgIpc) is 2.16. The minimum atomic E-state index is 0.0740. The van der Waals surface area contributed by atoms with Crippen LogP contribution in [0.25, 0.3) is 0 Å². The quantitative estimate of drug-likeness (QED) is 0.341. The van der Waals surface area contributed by atoms with Crippen molar-refractivity contribution in [2.45, 2.75) is 19.0 Å². The summed E-state index contributed by atoms with van der Waals surface area (Å²) in [5, 5.41) is 7.96. The Morgan fingerprint density at radius 1 is 1.57 bits per heavy atom. The van der Waals surface area contributed by atoms with Gasteiger partial charge in [0.1, 0.15) is 0 Å². The molecule has 14 heavy (non-hydrogen) atoms. The molecule has 1 unspecified atom stereocenters. The van der Waals surface area contributed by atoms with E-state index in [9.17, 15) is 0 Å². The van der Waals surface area contributed by atoms with Crippen LogP contribution in [-0.2, 0) is 0 Å². The summed E-state index contributed by atoms with van der Waals surface area (Å²) in [6, 6.07) is 0. The molecule has 0 aliphatic carbocycles. The lowest BCUT2D eigenvalue weighted by Crippen LogP contribution is -2.21. The van der Waals surface area contributed by atoms with E-state index in [2.05, 4.69) is 9.97 Å². The van der Waals surface area contributed by atoms with Crippen LogP contribution < -0.4 is 5.73 Å². The molecule has 0 aliphatic heterocycles. The van der Waals surface area contributed by atoms with Gasteiger partial charge in [-0.05, 0) is 12.5 Å². The molecule has 0 aliphatic rings. The fourth-order valence-corrected chi connectivity index (χ4v) is 1.58. The molecule has 0 spiro atoms. The van der Waals surface area contributed by atoms with Crippen molar-refractivity contribution in [3.63, 3.8) is 0 Å². The van der Waals surface area contributed by atoms with Gasteiger partial charge in [0.2, 0.25) is 0 Å². The van der Waals surface area contributed by atoms with Crippen LogP contribution in [0.4, 0.5) is 0 Å². The largest absolute Gasteiger partial charge is 0.387 e. The van der Waals surface area contributed by atoms with Gasteiger partial charge in [0.25, 0.3) is 0 Å². The lowest BCUT2D eigenvalue weighted by atomic mass is 10.2. The van der Waals surface area contributed by atoms with Crippen LogP contribution in [0.1, 0.15) is 12.5 Å². The van der Waals surface area contributed by atoms with E-state index in [-0.39, 0.29) is 11.8 Å². The van der Waals surface area contributed by atoms with Crippen molar-refractivity contribution in [2.24, 2.45) is 11.7 Å². The number of thioether (sulfide) groups is 1. The van der Waals surface area contributed by atoms with E-state index < -0.39 is 0 Å². The van der Waals surface area contributed by atoms with E-state index in [1.807, 2.05) is 13.8 Å². The van der Waals surface area contributed by atoms with Crippen molar-refractivity contribution in [3.05, 3.63) is 18.0 Å². The first kappa shape index (κ1) is 11.0. The van der Waals surface area contributed by atoms with Crippen molar-refractivity contribution in [2.75, 3.05) is 5.75 Å². The second kappa shape index (κ2) is 4.95. The van der Waals surface area contributed by atoms with E-state index in [4.69, 9.17) is 11.1 Å². The fourth-order valence-electron chi connectivity index (χ4n) is 0.745. The van der Waals surface area contributed by atoms with Crippen LogP contribution in [0.2, 0.25) is 0 Å². The van der Waals surface area contributed by atoms with E-state index in [1.165, 1.54) is 11.8 Å². The molecule has 1 atom stereocenters. The van der Waals surface area contributed by atoms with Crippen LogP contribution in [0, 0.1) is 18.3 Å². The summed E-state index contributed by atoms with van der Waals surface area (Å²) < 4.78 is 0. The normalized spacial score (nSPS) is 12.4. The molecular weight excluding hydrogens is 196 g/mol. The Labute approximate surface area is 87.8 Å². The molecule has 0 amide bonds. The lowest BCUT2D eigenvalue weighted by molar-refractivity contribution is 0.869. The molecule has 4 nitrogen and oxygen atoms in total. The van der Waals surface area contributed by atoms with Crippen LogP contribution in [-0.4, -0.2) is 21.6 Å². The van der Waals surface area contributed by atoms with Gasteiger partial charge in [0.15, 0.2) is 5.16 Å². The molecule has 3 N–H and O–H groups in total. The molecule has 1 heterocycles. The Morgan fingerprint density at radius 2 is 2.14 bits per heavy atom. The Kier molecular flexibility index (Phi) is 3.88. The highest BCUT2D eigenvalue weighted by molar-refractivity contribution is 7.99. The Hall–Kier alpha value is -1.10. The number of rotatable bonds is 4. The topological polar surface area (TPSA) is 75.7 Å². The van der Waals surface area contributed by atoms with Gasteiger partial charge in [-0.15, -0.1) is 0 Å². The Bertz CT molecular complexity index is 309. The molecule has 0 saturated heterocycles. The predicted molar refractivity (Wildman–Crippen MR) is 58.6 cm³/mol. The van der Waals surface area contributed by atoms with Gasteiger partial charge in [-0.1, -0.05) is 18.7 Å². The standard InChI is InChI=1S/C9H14N4S/c1-6-3-12-9(13-4-6)14-5-7(2)8(10)11/h3-4,7H,5H2,1-2H3,(H3,10,11). The monoisotopic (exact) mass is 210 g/mol. The zero-order valence-corrected chi connectivity index (χ0v) is 9.14. The molecule has 0 radical (unpaired) electrons. The average molecular weight is 210 g/mol. The number of aromatic nitrogens is 2. The summed E-state index contributed by atoms with van der Waals surface area (Å²) in [6.45, 7) is 3.87. The van der Waals surface area contributed by atoms with Crippen molar-refractivity contribution in [3.8, 4) is 0 Å². The maximum absolute atomic E-state index is 7.22. The first-order valence-corrected chi connectivity index (χ1v) is 5.33. The molecule has 5 heteroatoms. The first-order valence-electron chi connectivity index (χ1n) is 4.35. The van der Waals surface area contributed by atoms with E-state index in [0.717, 1.165) is 16.5 Å². The van der Waals surface area contributed by atoms with Crippen LogP contribution in [0.15, 0.2) is 17.6 Å². The molecule has 0 bridgehead atoms. The maximum Gasteiger partial charge on any atom is 0.187 e. The number of nitrogens with two attached hydrogens (primary N) is 1. The Balaban J connectivity index is 2.46. The van der Waals surface area contributed by atoms with Gasteiger partial charge >= 0.3 is 0 Å². The summed E-state index contributed by atoms with van der Waals surface area (Å²) in [5.74, 6) is 1.03. The third kappa shape index (κ3) is 3.33. The third-order valence-corrected chi connectivity index (χ3v) is 2.89. The molecular formula is C9H14N4S. The van der Waals surface area contributed by atoms with Gasteiger partial charge in [0, 0.05) is 24.1 Å². The summed E-state index contributed by atoms with van der Waals surface area (Å²) in [7, 11) is 0. The molecule has 0 fully saturated rings. The number of nitrogens with one attached hydrogen (secondary N) is 1. The first-order chi connectivity index (χ1) is 6.59.